The van der Waals surface area contributed by atoms with E-state index < -0.39 is 31.7 Å². The third kappa shape index (κ3) is 8.31. The first-order valence-corrected chi connectivity index (χ1v) is 26.6. The molecule has 0 aromatic carbocycles. The van der Waals surface area contributed by atoms with E-state index in [-0.39, 0.29) is 39.4 Å². The van der Waals surface area contributed by atoms with Crippen LogP contribution in [0.15, 0.2) is 22.8 Å². The monoisotopic (exact) mass is 722 g/mol. The molecule has 0 bridgehead atoms. The number of hydrogen-bond acceptors (Lipinski definition) is 6. The molecule has 0 amide bonds. The predicted molar refractivity (Wildman–Crippen MR) is 204 cm³/mol. The van der Waals surface area contributed by atoms with E-state index in [9.17, 15) is 13.2 Å². The van der Waals surface area contributed by atoms with Crippen LogP contribution in [0.3, 0.4) is 0 Å². The normalized spacial score (nSPS) is 32.7. The van der Waals surface area contributed by atoms with Gasteiger partial charge in [-0.05, 0) is 129 Å². The Balaban J connectivity index is 1.64. The van der Waals surface area contributed by atoms with Crippen LogP contribution in [0.25, 0.3) is 0 Å². The number of carbonyl (C=O) groups is 1. The molecule has 2 saturated carbocycles. The Hall–Kier alpha value is -0.746. The van der Waals surface area contributed by atoms with Crippen LogP contribution in [0, 0.1) is 23.2 Å². The molecule has 0 aromatic rings. The number of esters is 1. The van der Waals surface area contributed by atoms with Crippen molar-refractivity contribution in [2.24, 2.45) is 23.2 Å². The highest BCUT2D eigenvalue weighted by Crippen LogP contribution is 2.60. The van der Waals surface area contributed by atoms with Crippen molar-refractivity contribution in [1.82, 2.24) is 0 Å². The van der Waals surface area contributed by atoms with E-state index in [1.807, 2.05) is 6.92 Å². The maximum absolute atomic E-state index is 14.2. The highest BCUT2D eigenvalue weighted by Gasteiger charge is 2.53. The summed E-state index contributed by atoms with van der Waals surface area (Å²) in [5, 5.41) is -0.467. The molecule has 0 N–H and O–H groups in total. The number of carbonyl (C=O) groups excluding carboxylic acids is 1. The van der Waals surface area contributed by atoms with Crippen LogP contribution in [0.5, 0.6) is 0 Å². The van der Waals surface area contributed by atoms with E-state index >= 15 is 0 Å². The van der Waals surface area contributed by atoms with Gasteiger partial charge >= 0.3 is 5.97 Å². The van der Waals surface area contributed by atoms with Crippen molar-refractivity contribution in [2.75, 3.05) is 12.4 Å². The van der Waals surface area contributed by atoms with Gasteiger partial charge in [0, 0.05) is 12.8 Å². The second kappa shape index (κ2) is 14.3. The first-order valence-electron chi connectivity index (χ1n) is 19.1. The van der Waals surface area contributed by atoms with Crippen molar-refractivity contribution < 1.29 is 26.8 Å². The largest absolute Gasteiger partial charge is 0.466 e. The van der Waals surface area contributed by atoms with E-state index in [2.05, 4.69) is 87.7 Å². The summed E-state index contributed by atoms with van der Waals surface area (Å²) in [5.74, 6) is 1.56. The smallest absolute Gasteiger partial charge is 0.305 e. The second-order valence-electron chi connectivity index (χ2n) is 19.1. The van der Waals surface area contributed by atoms with E-state index in [0.717, 1.165) is 49.7 Å². The molecule has 2 fully saturated rings. The third-order valence-corrected chi connectivity index (χ3v) is 24.7. The molecule has 0 radical (unpaired) electrons. The van der Waals surface area contributed by atoms with Crippen LogP contribution in [0.4, 0.5) is 0 Å². The Morgan fingerprint density at radius 2 is 1.62 bits per heavy atom. The highest BCUT2D eigenvalue weighted by atomic mass is 32.2. The van der Waals surface area contributed by atoms with Crippen LogP contribution in [-0.4, -0.2) is 60.8 Å². The first-order chi connectivity index (χ1) is 21.9. The summed E-state index contributed by atoms with van der Waals surface area (Å²) >= 11 is 0. The van der Waals surface area contributed by atoms with Crippen molar-refractivity contribution >= 4 is 32.4 Å². The van der Waals surface area contributed by atoms with Gasteiger partial charge in [-0.1, -0.05) is 67.0 Å². The van der Waals surface area contributed by atoms with Gasteiger partial charge in [0.2, 0.25) is 0 Å². The molecule has 276 valence electrons. The van der Waals surface area contributed by atoms with Crippen molar-refractivity contribution in [3.63, 3.8) is 0 Å². The number of allylic oxidation sites excluding steroid dienone is 1. The average molecular weight is 723 g/mol. The van der Waals surface area contributed by atoms with Gasteiger partial charge < -0.3 is 13.6 Å². The van der Waals surface area contributed by atoms with Crippen molar-refractivity contribution in [2.45, 2.75) is 180 Å². The fraction of sp³-hybridized carbons (Fsp3) is 0.872. The molecule has 1 heterocycles. The first kappa shape index (κ1) is 40.0. The van der Waals surface area contributed by atoms with Crippen molar-refractivity contribution in [1.29, 1.82) is 0 Å². The number of fused-ring (bicyclic) bond motifs is 1. The average Bonchev–Trinajstić information content (AvgIpc) is 3.41. The summed E-state index contributed by atoms with van der Waals surface area (Å²) in [6.45, 7) is 29.9. The lowest BCUT2D eigenvalue weighted by Gasteiger charge is -2.45. The third-order valence-electron chi connectivity index (χ3n) is 13.8. The molecule has 7 atom stereocenters. The Kier molecular flexibility index (Phi) is 12.0. The molecule has 1 aliphatic heterocycles. The quantitative estimate of drug-likeness (QED) is 0.120. The number of sulfone groups is 1. The predicted octanol–water partition coefficient (Wildman–Crippen LogP) is 10.2. The lowest BCUT2D eigenvalue weighted by atomic mass is 9.60. The van der Waals surface area contributed by atoms with E-state index in [0.29, 0.717) is 37.2 Å². The molecular weight excluding hydrogens is 653 g/mol. The number of rotatable bonds is 11. The fourth-order valence-electron chi connectivity index (χ4n) is 9.01. The Morgan fingerprint density at radius 3 is 2.23 bits per heavy atom. The molecule has 0 spiro atoms. The summed E-state index contributed by atoms with van der Waals surface area (Å²) in [5.41, 5.74) is 3.66. The lowest BCUT2D eigenvalue weighted by molar-refractivity contribution is -0.143. The van der Waals surface area contributed by atoms with Crippen LogP contribution in [0.2, 0.25) is 36.3 Å². The molecule has 0 saturated heterocycles. The number of ether oxygens (including phenoxy) is 1. The van der Waals surface area contributed by atoms with Gasteiger partial charge in [0.25, 0.3) is 0 Å². The minimum atomic E-state index is -3.39. The molecule has 48 heavy (non-hydrogen) atoms. The zero-order chi connectivity index (χ0) is 36.1. The highest BCUT2D eigenvalue weighted by molar-refractivity contribution is 7.92. The summed E-state index contributed by atoms with van der Waals surface area (Å²) in [4.78, 5) is 12.0. The minimum absolute atomic E-state index is 0.0291. The van der Waals surface area contributed by atoms with Gasteiger partial charge in [0.1, 0.15) is 5.25 Å². The van der Waals surface area contributed by atoms with Gasteiger partial charge in [0.15, 0.2) is 26.5 Å². The molecule has 9 heteroatoms. The topological polar surface area (TPSA) is 78.9 Å². The zero-order valence-electron chi connectivity index (χ0n) is 32.9. The summed E-state index contributed by atoms with van der Waals surface area (Å²) in [7, 11) is -7.65. The van der Waals surface area contributed by atoms with Gasteiger partial charge in [-0.15, -0.1) is 0 Å². The summed E-state index contributed by atoms with van der Waals surface area (Å²) in [6.07, 6.45) is 11.4. The van der Waals surface area contributed by atoms with Crippen LogP contribution in [-0.2, 0) is 28.2 Å². The standard InChI is InChI=1S/C39H70O6SSi2/c1-14-43-36(40)19-15-17-27(2)32-20-21-33-28(18-16-22-39(32,33)9)23-35-30-24-29(44-47(10,11)37(3,4)5)25-34(31(30)26-46(35,41)42)45-48(12,13)38(6,7)8/h23,27,29,32-35H,14-22,24-26H2,1-13H3/b28-23+/t27-,29-,32-,33+,34+,35-,39-/m1/s1. The fourth-order valence-corrected chi connectivity index (χ4v) is 13.7. The van der Waals surface area contributed by atoms with Crippen LogP contribution < -0.4 is 0 Å². The molecule has 3 aliphatic carbocycles. The van der Waals surface area contributed by atoms with E-state index in [1.165, 1.54) is 18.4 Å². The van der Waals surface area contributed by atoms with Gasteiger partial charge in [0.05, 0.1) is 24.6 Å². The second-order valence-corrected chi connectivity index (χ2v) is 30.7. The maximum atomic E-state index is 14.2. The summed E-state index contributed by atoms with van der Waals surface area (Å²) < 4.78 is 47.8. The molecule has 4 rings (SSSR count). The minimum Gasteiger partial charge on any atom is -0.466 e. The van der Waals surface area contributed by atoms with Gasteiger partial charge in [-0.3, -0.25) is 4.79 Å². The van der Waals surface area contributed by atoms with Gasteiger partial charge in [-0.2, -0.15) is 0 Å². The molecule has 0 aromatic heterocycles. The zero-order valence-corrected chi connectivity index (χ0v) is 35.7. The molecular formula is C39H70O6SSi2. The molecule has 0 unspecified atom stereocenters. The SMILES string of the molecule is CCOC(=O)CCC[C@@H](C)[C@H]1CC[C@H]2/C(=C/[C@@H]3C4=C(CS3(=O)=O)[C@@H](O[Si](C)(C)C(C)(C)C)C[C@H](O[Si](C)(C)C(C)(C)C)C4)CCC[C@]12C. The number of hydrogen-bond donors (Lipinski definition) is 0. The van der Waals surface area contributed by atoms with Crippen molar-refractivity contribution in [3.05, 3.63) is 22.8 Å². The van der Waals surface area contributed by atoms with Crippen LogP contribution in [0.1, 0.15) is 127 Å². The summed E-state index contributed by atoms with van der Waals surface area (Å²) in [6, 6.07) is 0. The molecule has 6 nitrogen and oxygen atoms in total. The van der Waals surface area contributed by atoms with E-state index in [4.69, 9.17) is 13.6 Å². The Morgan fingerprint density at radius 1 is 1.00 bits per heavy atom. The maximum Gasteiger partial charge on any atom is 0.305 e. The van der Waals surface area contributed by atoms with Crippen molar-refractivity contribution in [3.8, 4) is 0 Å². The van der Waals surface area contributed by atoms with Gasteiger partial charge in [-0.25, -0.2) is 8.42 Å². The molecule has 4 aliphatic rings. The van der Waals surface area contributed by atoms with E-state index in [1.54, 1.807) is 0 Å². The Bertz CT molecular complexity index is 1350. The lowest BCUT2D eigenvalue weighted by Crippen LogP contribution is -2.49. The van der Waals surface area contributed by atoms with Crippen LogP contribution >= 0.6 is 0 Å². The Labute approximate surface area is 296 Å².